The van der Waals surface area contributed by atoms with Gasteiger partial charge in [0.15, 0.2) is 0 Å². The monoisotopic (exact) mass is 172 g/mol. The molecule has 1 rings (SSSR count). The molecular weight excluding hydrogens is 152 g/mol. The maximum absolute atomic E-state index is 9.73. The summed E-state index contributed by atoms with van der Waals surface area (Å²) >= 11 is 0. The minimum atomic E-state index is -0.508. The predicted octanol–water partition coefficient (Wildman–Crippen LogP) is 1.41. The van der Waals surface area contributed by atoms with E-state index in [4.69, 9.17) is 0 Å². The van der Waals surface area contributed by atoms with Crippen LogP contribution in [-0.2, 0) is 0 Å². The molecule has 1 saturated carbocycles. The Balaban J connectivity index is 2.58. The van der Waals surface area contributed by atoms with Gasteiger partial charge in [0, 0.05) is 0 Å². The van der Waals surface area contributed by atoms with Gasteiger partial charge in [-0.1, -0.05) is 20.8 Å². The van der Waals surface area contributed by atoms with Crippen molar-refractivity contribution in [1.29, 1.82) is 0 Å². The Hall–Kier alpha value is -0.0800. The molecule has 0 spiro atoms. The second-order valence-electron chi connectivity index (χ2n) is 4.44. The highest BCUT2D eigenvalue weighted by atomic mass is 16.3. The van der Waals surface area contributed by atoms with E-state index in [-0.39, 0.29) is 11.8 Å². The fraction of sp³-hybridized carbons (Fsp3) is 1.00. The minimum Gasteiger partial charge on any atom is -0.390 e. The van der Waals surface area contributed by atoms with Gasteiger partial charge in [-0.05, 0) is 30.6 Å². The summed E-state index contributed by atoms with van der Waals surface area (Å²) in [5, 5.41) is 19.3. The molecule has 4 atom stereocenters. The smallest absolute Gasteiger partial charge is 0.0832 e. The summed E-state index contributed by atoms with van der Waals surface area (Å²) in [5.41, 5.74) is 0. The molecule has 0 heterocycles. The predicted molar refractivity (Wildman–Crippen MR) is 48.7 cm³/mol. The van der Waals surface area contributed by atoms with E-state index in [0.717, 1.165) is 12.8 Å². The maximum atomic E-state index is 9.73. The van der Waals surface area contributed by atoms with Gasteiger partial charge in [-0.25, -0.2) is 0 Å². The fourth-order valence-electron chi connectivity index (χ4n) is 2.11. The second kappa shape index (κ2) is 3.75. The summed E-state index contributed by atoms with van der Waals surface area (Å²) in [6.45, 7) is 6.22. The average Bonchev–Trinajstić information content (AvgIpc) is 2.00. The van der Waals surface area contributed by atoms with Crippen molar-refractivity contribution in [3.05, 3.63) is 0 Å². The zero-order valence-corrected chi connectivity index (χ0v) is 8.20. The molecule has 0 aliphatic heterocycles. The van der Waals surface area contributed by atoms with Crippen LogP contribution in [0.15, 0.2) is 0 Å². The van der Waals surface area contributed by atoms with Crippen LogP contribution in [0.4, 0.5) is 0 Å². The van der Waals surface area contributed by atoms with Crippen LogP contribution in [0.25, 0.3) is 0 Å². The van der Waals surface area contributed by atoms with Crippen LogP contribution in [-0.4, -0.2) is 22.4 Å². The third-order valence-electron chi connectivity index (χ3n) is 3.18. The lowest BCUT2D eigenvalue weighted by molar-refractivity contribution is -0.0832. The van der Waals surface area contributed by atoms with E-state index in [1.54, 1.807) is 0 Å². The van der Waals surface area contributed by atoms with Crippen molar-refractivity contribution in [3.63, 3.8) is 0 Å². The van der Waals surface area contributed by atoms with E-state index in [0.29, 0.717) is 5.92 Å². The van der Waals surface area contributed by atoms with Crippen LogP contribution in [0.2, 0.25) is 0 Å². The molecule has 0 radical (unpaired) electrons. The summed E-state index contributed by atoms with van der Waals surface area (Å²) in [6, 6.07) is 0. The van der Waals surface area contributed by atoms with Crippen molar-refractivity contribution in [2.45, 2.75) is 45.8 Å². The highest BCUT2D eigenvalue weighted by Gasteiger charge is 2.36. The molecule has 0 saturated heterocycles. The lowest BCUT2D eigenvalue weighted by Gasteiger charge is -2.38. The first-order chi connectivity index (χ1) is 5.54. The van der Waals surface area contributed by atoms with E-state index in [2.05, 4.69) is 13.8 Å². The average molecular weight is 172 g/mol. The van der Waals surface area contributed by atoms with Crippen molar-refractivity contribution < 1.29 is 10.2 Å². The number of hydrogen-bond donors (Lipinski definition) is 2. The summed E-state index contributed by atoms with van der Waals surface area (Å²) in [7, 11) is 0. The second-order valence-corrected chi connectivity index (χ2v) is 4.44. The Kier molecular flexibility index (Phi) is 3.13. The third kappa shape index (κ3) is 1.80. The van der Waals surface area contributed by atoms with Gasteiger partial charge in [0.2, 0.25) is 0 Å². The van der Waals surface area contributed by atoms with Crippen molar-refractivity contribution in [2.24, 2.45) is 17.8 Å². The molecule has 1 aliphatic rings. The van der Waals surface area contributed by atoms with Gasteiger partial charge in [0.05, 0.1) is 12.2 Å². The number of aliphatic hydroxyl groups is 2. The van der Waals surface area contributed by atoms with Crippen LogP contribution >= 0.6 is 0 Å². The summed E-state index contributed by atoms with van der Waals surface area (Å²) < 4.78 is 0. The molecule has 2 unspecified atom stereocenters. The molecule has 1 aliphatic carbocycles. The number of hydrogen-bond acceptors (Lipinski definition) is 2. The molecule has 0 bridgehead atoms. The van der Waals surface area contributed by atoms with Crippen LogP contribution in [0.5, 0.6) is 0 Å². The maximum Gasteiger partial charge on any atom is 0.0832 e. The number of aliphatic hydroxyl groups excluding tert-OH is 2. The summed E-state index contributed by atoms with van der Waals surface area (Å²) in [6.07, 6.45) is 1.08. The van der Waals surface area contributed by atoms with Gasteiger partial charge in [0.25, 0.3) is 0 Å². The van der Waals surface area contributed by atoms with Gasteiger partial charge in [-0.3, -0.25) is 0 Å². The lowest BCUT2D eigenvalue weighted by Crippen LogP contribution is -2.44. The topological polar surface area (TPSA) is 40.5 Å². The molecule has 12 heavy (non-hydrogen) atoms. The van der Waals surface area contributed by atoms with Gasteiger partial charge >= 0.3 is 0 Å². The molecule has 0 aromatic heterocycles. The fourth-order valence-corrected chi connectivity index (χ4v) is 2.11. The largest absolute Gasteiger partial charge is 0.390 e. The van der Waals surface area contributed by atoms with Crippen molar-refractivity contribution >= 4 is 0 Å². The first-order valence-corrected chi connectivity index (χ1v) is 4.90. The molecule has 2 nitrogen and oxygen atoms in total. The molecule has 2 heteroatoms. The van der Waals surface area contributed by atoms with E-state index in [1.165, 1.54) is 0 Å². The van der Waals surface area contributed by atoms with Crippen LogP contribution in [0, 0.1) is 17.8 Å². The molecule has 0 aromatic carbocycles. The van der Waals surface area contributed by atoms with Gasteiger partial charge in [-0.15, -0.1) is 0 Å². The molecule has 0 amide bonds. The Morgan fingerprint density at radius 3 is 2.17 bits per heavy atom. The molecule has 0 aromatic rings. The van der Waals surface area contributed by atoms with Crippen LogP contribution in [0.1, 0.15) is 33.6 Å². The molecular formula is C10H20O2. The summed E-state index contributed by atoms with van der Waals surface area (Å²) in [4.78, 5) is 0. The Labute approximate surface area is 74.6 Å². The van der Waals surface area contributed by atoms with Crippen LogP contribution < -0.4 is 0 Å². The number of rotatable bonds is 1. The highest BCUT2D eigenvalue weighted by Crippen LogP contribution is 2.33. The van der Waals surface area contributed by atoms with Crippen molar-refractivity contribution in [3.8, 4) is 0 Å². The highest BCUT2D eigenvalue weighted by molar-refractivity contribution is 4.86. The quantitative estimate of drug-likeness (QED) is 0.628. The first kappa shape index (κ1) is 10.0. The van der Waals surface area contributed by atoms with Crippen LogP contribution in [0.3, 0.4) is 0 Å². The SMILES string of the molecule is CC1CC[C@@H](C(C)C)[C@H](O)C1O. The summed E-state index contributed by atoms with van der Waals surface area (Å²) in [5.74, 6) is 1.02. The Morgan fingerprint density at radius 1 is 1.08 bits per heavy atom. The molecule has 72 valence electrons. The molecule has 2 N–H and O–H groups in total. The Bertz CT molecular complexity index is 145. The van der Waals surface area contributed by atoms with E-state index < -0.39 is 12.2 Å². The zero-order valence-electron chi connectivity index (χ0n) is 8.20. The lowest BCUT2D eigenvalue weighted by atomic mass is 9.74. The molecule has 1 fully saturated rings. The van der Waals surface area contributed by atoms with Crippen molar-refractivity contribution in [1.82, 2.24) is 0 Å². The zero-order chi connectivity index (χ0) is 9.30. The van der Waals surface area contributed by atoms with Crippen molar-refractivity contribution in [2.75, 3.05) is 0 Å². The standard InChI is InChI=1S/C10H20O2/c1-6(2)8-5-4-7(3)9(11)10(8)12/h6-12H,4-5H2,1-3H3/t7?,8-,9?,10-/m0/s1. The first-order valence-electron chi connectivity index (χ1n) is 4.90. The van der Waals surface area contributed by atoms with E-state index >= 15 is 0 Å². The van der Waals surface area contributed by atoms with Gasteiger partial charge in [-0.2, -0.15) is 0 Å². The van der Waals surface area contributed by atoms with Gasteiger partial charge < -0.3 is 10.2 Å². The minimum absolute atomic E-state index is 0.259. The normalized spacial score (nSPS) is 43.5. The van der Waals surface area contributed by atoms with E-state index in [9.17, 15) is 10.2 Å². The van der Waals surface area contributed by atoms with E-state index in [1.807, 2.05) is 6.92 Å². The Morgan fingerprint density at radius 2 is 1.67 bits per heavy atom. The van der Waals surface area contributed by atoms with Gasteiger partial charge in [0.1, 0.15) is 0 Å². The third-order valence-corrected chi connectivity index (χ3v) is 3.18.